The summed E-state index contributed by atoms with van der Waals surface area (Å²) in [5.41, 5.74) is 2.40. The Morgan fingerprint density at radius 1 is 1.24 bits per heavy atom. The van der Waals surface area contributed by atoms with Gasteiger partial charge in [0.15, 0.2) is 17.3 Å². The van der Waals surface area contributed by atoms with E-state index in [0.717, 1.165) is 5.56 Å². The van der Waals surface area contributed by atoms with E-state index in [0.29, 0.717) is 11.1 Å². The monoisotopic (exact) mass is 302 g/mol. The largest absolute Gasteiger partial charge is 0.503 e. The van der Waals surface area contributed by atoms with Crippen LogP contribution in [0, 0.1) is 6.92 Å². The summed E-state index contributed by atoms with van der Waals surface area (Å²) in [5.74, 6) is 0.0595. The molecule has 0 aliphatic heterocycles. The third kappa shape index (κ3) is 3.64. The van der Waals surface area contributed by atoms with Gasteiger partial charge in [-0.3, -0.25) is 4.79 Å². The average Bonchev–Trinajstić information content (AvgIpc) is 2.48. The molecule has 0 aliphatic rings. The second-order valence-electron chi connectivity index (χ2n) is 4.62. The molecule has 108 valence electrons. The van der Waals surface area contributed by atoms with Crippen molar-refractivity contribution < 1.29 is 14.6 Å². The molecule has 0 aromatic heterocycles. The number of methoxy groups -OCH3 is 1. The number of halogens is 1. The number of rotatable bonds is 4. The van der Waals surface area contributed by atoms with Crippen LogP contribution in [0.3, 0.4) is 0 Å². The van der Waals surface area contributed by atoms with E-state index < -0.39 is 0 Å². The summed E-state index contributed by atoms with van der Waals surface area (Å²) in [6, 6.07) is 10.5. The number of hydrogen-bond acceptors (Lipinski definition) is 3. The Balaban J connectivity index is 2.23. The van der Waals surface area contributed by atoms with Crippen molar-refractivity contribution in [2.75, 3.05) is 7.11 Å². The summed E-state index contributed by atoms with van der Waals surface area (Å²) < 4.78 is 5.02. The molecule has 0 aliphatic carbocycles. The second-order valence-corrected chi connectivity index (χ2v) is 5.02. The van der Waals surface area contributed by atoms with Crippen LogP contribution in [0.2, 0.25) is 5.02 Å². The molecule has 1 N–H and O–H groups in total. The highest BCUT2D eigenvalue weighted by Crippen LogP contribution is 2.35. The second kappa shape index (κ2) is 6.46. The molecule has 4 heteroatoms. The zero-order chi connectivity index (χ0) is 15.4. The quantitative estimate of drug-likeness (QED) is 0.678. The van der Waals surface area contributed by atoms with E-state index in [1.165, 1.54) is 13.2 Å². The minimum absolute atomic E-state index is 0.0989. The lowest BCUT2D eigenvalue weighted by molar-refractivity contribution is 0.104. The van der Waals surface area contributed by atoms with Gasteiger partial charge in [0.05, 0.1) is 12.1 Å². The first-order chi connectivity index (χ1) is 10.0. The Kier molecular flexibility index (Phi) is 4.66. The van der Waals surface area contributed by atoms with Crippen molar-refractivity contribution in [3.8, 4) is 11.5 Å². The van der Waals surface area contributed by atoms with Gasteiger partial charge < -0.3 is 9.84 Å². The topological polar surface area (TPSA) is 46.5 Å². The van der Waals surface area contributed by atoms with E-state index in [1.54, 1.807) is 30.3 Å². The molecule has 0 saturated heterocycles. The average molecular weight is 303 g/mol. The van der Waals surface area contributed by atoms with Crippen LogP contribution in [0.15, 0.2) is 42.5 Å². The molecule has 0 bridgehead atoms. The molecule has 21 heavy (non-hydrogen) atoms. The number of aromatic hydroxyl groups is 1. The van der Waals surface area contributed by atoms with Gasteiger partial charge in [-0.1, -0.05) is 47.5 Å². The van der Waals surface area contributed by atoms with Crippen LogP contribution in [0.25, 0.3) is 6.08 Å². The number of carbonyl (C=O) groups is 1. The van der Waals surface area contributed by atoms with E-state index in [-0.39, 0.29) is 22.3 Å². The van der Waals surface area contributed by atoms with Crippen LogP contribution in [0.4, 0.5) is 0 Å². The Labute approximate surface area is 128 Å². The van der Waals surface area contributed by atoms with Gasteiger partial charge in [-0.25, -0.2) is 0 Å². The fourth-order valence-corrected chi connectivity index (χ4v) is 2.05. The Bertz CT molecular complexity index is 688. The minimum Gasteiger partial charge on any atom is -0.503 e. The summed E-state index contributed by atoms with van der Waals surface area (Å²) in [7, 11) is 1.44. The van der Waals surface area contributed by atoms with Crippen molar-refractivity contribution in [1.82, 2.24) is 0 Å². The molecular formula is C17H15ClO3. The SMILES string of the molecule is COc1cc(/C=C/C(=O)c2ccc(C)cc2)cc(Cl)c1O. The van der Waals surface area contributed by atoms with Gasteiger partial charge in [0.25, 0.3) is 0 Å². The van der Waals surface area contributed by atoms with Crippen LogP contribution in [0.1, 0.15) is 21.5 Å². The van der Waals surface area contributed by atoms with Gasteiger partial charge in [0.1, 0.15) is 0 Å². The maximum Gasteiger partial charge on any atom is 0.185 e. The molecule has 0 spiro atoms. The molecule has 0 fully saturated rings. The highest BCUT2D eigenvalue weighted by Gasteiger charge is 2.08. The first-order valence-electron chi connectivity index (χ1n) is 6.37. The number of carbonyl (C=O) groups excluding carboxylic acids is 1. The number of ketones is 1. The predicted octanol–water partition coefficient (Wildman–Crippen LogP) is 4.26. The van der Waals surface area contributed by atoms with E-state index in [1.807, 2.05) is 19.1 Å². The summed E-state index contributed by atoms with van der Waals surface area (Å²) >= 11 is 5.90. The molecule has 0 radical (unpaired) electrons. The number of aryl methyl sites for hydroxylation is 1. The smallest absolute Gasteiger partial charge is 0.185 e. The molecule has 0 heterocycles. The van der Waals surface area contributed by atoms with E-state index in [9.17, 15) is 9.90 Å². The third-order valence-electron chi connectivity index (χ3n) is 3.03. The zero-order valence-electron chi connectivity index (χ0n) is 11.8. The number of phenols is 1. The van der Waals surface area contributed by atoms with Crippen LogP contribution in [-0.2, 0) is 0 Å². The highest BCUT2D eigenvalue weighted by molar-refractivity contribution is 6.32. The van der Waals surface area contributed by atoms with E-state index in [2.05, 4.69) is 0 Å². The van der Waals surface area contributed by atoms with Gasteiger partial charge in [0, 0.05) is 5.56 Å². The highest BCUT2D eigenvalue weighted by atomic mass is 35.5. The van der Waals surface area contributed by atoms with Crippen molar-refractivity contribution in [2.45, 2.75) is 6.92 Å². The molecule has 3 nitrogen and oxygen atoms in total. The summed E-state index contributed by atoms with van der Waals surface area (Å²) in [6.07, 6.45) is 3.10. The fraction of sp³-hybridized carbons (Fsp3) is 0.118. The molecule has 0 saturated carbocycles. The summed E-state index contributed by atoms with van der Waals surface area (Å²) in [5, 5.41) is 9.83. The first kappa shape index (κ1) is 15.1. The lowest BCUT2D eigenvalue weighted by atomic mass is 10.1. The third-order valence-corrected chi connectivity index (χ3v) is 3.32. The number of hydrogen-bond donors (Lipinski definition) is 1. The van der Waals surface area contributed by atoms with Gasteiger partial charge in [-0.2, -0.15) is 0 Å². The predicted molar refractivity (Wildman–Crippen MR) is 84.2 cm³/mol. The van der Waals surface area contributed by atoms with Crippen LogP contribution >= 0.6 is 11.6 Å². The van der Waals surface area contributed by atoms with Gasteiger partial charge in [0.2, 0.25) is 0 Å². The molecule has 2 aromatic carbocycles. The normalized spacial score (nSPS) is 10.8. The molecule has 0 amide bonds. The summed E-state index contributed by atoms with van der Waals surface area (Å²) in [4.78, 5) is 12.0. The number of allylic oxidation sites excluding steroid dienone is 1. The van der Waals surface area contributed by atoms with Crippen molar-refractivity contribution >= 4 is 23.5 Å². The standard InChI is InChI=1S/C17H15ClO3/c1-11-3-6-13(7-4-11)15(19)8-5-12-9-14(18)17(20)16(10-12)21-2/h3-10,20H,1-2H3/b8-5+. The first-order valence-corrected chi connectivity index (χ1v) is 6.74. The van der Waals surface area contributed by atoms with E-state index >= 15 is 0 Å². The molecule has 2 rings (SSSR count). The minimum atomic E-state index is -0.110. The van der Waals surface area contributed by atoms with Crippen molar-refractivity contribution in [3.05, 3.63) is 64.2 Å². The van der Waals surface area contributed by atoms with Crippen molar-refractivity contribution in [1.29, 1.82) is 0 Å². The van der Waals surface area contributed by atoms with Gasteiger partial charge in [-0.05, 0) is 30.7 Å². The fourth-order valence-electron chi connectivity index (χ4n) is 1.83. The van der Waals surface area contributed by atoms with E-state index in [4.69, 9.17) is 16.3 Å². The number of phenolic OH excluding ortho intramolecular Hbond substituents is 1. The maximum atomic E-state index is 12.0. The Morgan fingerprint density at radius 2 is 1.90 bits per heavy atom. The lowest BCUT2D eigenvalue weighted by Crippen LogP contribution is -1.93. The molecule has 0 unspecified atom stereocenters. The Hall–Kier alpha value is -2.26. The Morgan fingerprint density at radius 3 is 2.52 bits per heavy atom. The molecule has 0 atom stereocenters. The van der Waals surface area contributed by atoms with Gasteiger partial charge >= 0.3 is 0 Å². The van der Waals surface area contributed by atoms with Crippen LogP contribution in [0.5, 0.6) is 11.5 Å². The molecular weight excluding hydrogens is 288 g/mol. The number of ether oxygens (including phenoxy) is 1. The maximum absolute atomic E-state index is 12.0. The van der Waals surface area contributed by atoms with Gasteiger partial charge in [-0.15, -0.1) is 0 Å². The van der Waals surface area contributed by atoms with Crippen LogP contribution in [-0.4, -0.2) is 18.0 Å². The lowest BCUT2D eigenvalue weighted by Gasteiger charge is -2.06. The van der Waals surface area contributed by atoms with Crippen molar-refractivity contribution in [3.63, 3.8) is 0 Å². The number of benzene rings is 2. The summed E-state index contributed by atoms with van der Waals surface area (Å²) in [6.45, 7) is 1.97. The zero-order valence-corrected chi connectivity index (χ0v) is 12.5. The van der Waals surface area contributed by atoms with Crippen molar-refractivity contribution in [2.24, 2.45) is 0 Å². The molecule has 2 aromatic rings. The van der Waals surface area contributed by atoms with Crippen LogP contribution < -0.4 is 4.74 Å².